The average Bonchev–Trinajstić information content (AvgIpc) is 2.60. The van der Waals surface area contributed by atoms with Crippen molar-refractivity contribution in [1.82, 2.24) is 9.97 Å². The number of nitrogens with one attached hydrogen (secondary N) is 2. The molecule has 3 rings (SSSR count). The lowest BCUT2D eigenvalue weighted by Gasteiger charge is -2.11. The largest absolute Gasteiger partial charge is 0.351 e. The molecule has 3 aromatic rings. The maximum atomic E-state index is 4.58. The highest BCUT2D eigenvalue weighted by molar-refractivity contribution is 9.10. The number of nitrogens with zero attached hydrogens (tertiary/aromatic N) is 2. The van der Waals surface area contributed by atoms with Crippen LogP contribution in [-0.2, 0) is 0 Å². The van der Waals surface area contributed by atoms with Crippen molar-refractivity contribution in [2.45, 2.75) is 0 Å². The molecule has 2 aromatic carbocycles. The normalized spacial score (nSPS) is 10.2. The van der Waals surface area contributed by atoms with Gasteiger partial charge in [-0.15, -0.1) is 6.58 Å². The fraction of sp³-hybridized carbons (Fsp3) is 0.0526. The van der Waals surface area contributed by atoms with E-state index >= 15 is 0 Å². The van der Waals surface area contributed by atoms with Gasteiger partial charge in [0, 0.05) is 28.3 Å². The zero-order chi connectivity index (χ0) is 16.8. The number of benzene rings is 2. The fourth-order valence-electron chi connectivity index (χ4n) is 2.22. The van der Waals surface area contributed by atoms with E-state index in [2.05, 4.69) is 43.1 Å². The Kier molecular flexibility index (Phi) is 5.23. The molecule has 1 heterocycles. The predicted octanol–water partition coefficient (Wildman–Crippen LogP) is 5.25. The molecule has 0 unspecified atom stereocenters. The molecule has 1 aromatic heterocycles. The van der Waals surface area contributed by atoms with Crippen molar-refractivity contribution in [2.75, 3.05) is 17.2 Å². The number of hydrogen-bond acceptors (Lipinski definition) is 4. The van der Waals surface area contributed by atoms with E-state index in [1.165, 1.54) is 0 Å². The van der Waals surface area contributed by atoms with Crippen LogP contribution in [0.25, 0.3) is 11.3 Å². The molecular formula is C19H17BrN4. The lowest BCUT2D eigenvalue weighted by molar-refractivity contribution is 1.12. The van der Waals surface area contributed by atoms with Crippen LogP contribution in [0.5, 0.6) is 0 Å². The van der Waals surface area contributed by atoms with Crippen molar-refractivity contribution >= 4 is 33.4 Å². The Morgan fingerprint density at radius 3 is 2.58 bits per heavy atom. The van der Waals surface area contributed by atoms with E-state index in [4.69, 9.17) is 0 Å². The first-order valence-corrected chi connectivity index (χ1v) is 8.36. The smallest absolute Gasteiger partial charge is 0.225 e. The van der Waals surface area contributed by atoms with E-state index in [1.807, 2.05) is 60.7 Å². The van der Waals surface area contributed by atoms with Gasteiger partial charge in [0.1, 0.15) is 5.82 Å². The first-order valence-electron chi connectivity index (χ1n) is 7.56. The van der Waals surface area contributed by atoms with Crippen LogP contribution in [0.3, 0.4) is 0 Å². The minimum absolute atomic E-state index is 0.564. The quantitative estimate of drug-likeness (QED) is 0.573. The first kappa shape index (κ1) is 16.2. The van der Waals surface area contributed by atoms with Crippen molar-refractivity contribution in [3.63, 3.8) is 0 Å². The van der Waals surface area contributed by atoms with E-state index < -0.39 is 0 Å². The van der Waals surface area contributed by atoms with Gasteiger partial charge in [-0.25, -0.2) is 4.98 Å². The van der Waals surface area contributed by atoms with E-state index in [-0.39, 0.29) is 0 Å². The topological polar surface area (TPSA) is 49.8 Å². The summed E-state index contributed by atoms with van der Waals surface area (Å²) in [7, 11) is 0. The van der Waals surface area contributed by atoms with Crippen molar-refractivity contribution in [3.8, 4) is 11.3 Å². The standard InChI is InChI=1S/C19H17BrN4/c1-2-11-21-19-23-17(14-7-4-3-5-8-14)13-18(24-19)22-16-10-6-9-15(20)12-16/h2-10,12-13H,1,11H2,(H2,21,22,23,24). The van der Waals surface area contributed by atoms with Crippen LogP contribution in [0, 0.1) is 0 Å². The Morgan fingerprint density at radius 1 is 1.00 bits per heavy atom. The van der Waals surface area contributed by atoms with Gasteiger partial charge < -0.3 is 10.6 Å². The average molecular weight is 381 g/mol. The van der Waals surface area contributed by atoms with Gasteiger partial charge >= 0.3 is 0 Å². The molecule has 0 aliphatic rings. The van der Waals surface area contributed by atoms with E-state index in [0.717, 1.165) is 27.2 Å². The molecule has 120 valence electrons. The summed E-state index contributed by atoms with van der Waals surface area (Å²) in [5.41, 5.74) is 2.85. The third-order valence-corrected chi connectivity index (χ3v) is 3.79. The van der Waals surface area contributed by atoms with Crippen LogP contribution in [0.2, 0.25) is 0 Å². The molecule has 0 fully saturated rings. The van der Waals surface area contributed by atoms with Gasteiger partial charge in [-0.05, 0) is 18.2 Å². The Morgan fingerprint density at radius 2 is 1.83 bits per heavy atom. The van der Waals surface area contributed by atoms with Crippen molar-refractivity contribution in [2.24, 2.45) is 0 Å². The lowest BCUT2D eigenvalue weighted by atomic mass is 10.1. The van der Waals surface area contributed by atoms with Gasteiger partial charge in [0.05, 0.1) is 5.69 Å². The number of aromatic nitrogens is 2. The van der Waals surface area contributed by atoms with Crippen LogP contribution in [0.4, 0.5) is 17.5 Å². The summed E-state index contributed by atoms with van der Waals surface area (Å²) in [6, 6.07) is 19.9. The number of hydrogen-bond donors (Lipinski definition) is 2. The molecule has 5 heteroatoms. The number of rotatable bonds is 6. The molecule has 0 aliphatic heterocycles. The number of halogens is 1. The SMILES string of the molecule is C=CCNc1nc(Nc2cccc(Br)c2)cc(-c2ccccc2)n1. The van der Waals surface area contributed by atoms with Gasteiger partial charge in [-0.3, -0.25) is 0 Å². The second-order valence-corrected chi connectivity index (χ2v) is 6.05. The Bertz CT molecular complexity index is 834. The Balaban J connectivity index is 1.96. The molecule has 2 N–H and O–H groups in total. The van der Waals surface area contributed by atoms with E-state index in [1.54, 1.807) is 6.08 Å². The van der Waals surface area contributed by atoms with E-state index in [0.29, 0.717) is 12.5 Å². The minimum Gasteiger partial charge on any atom is -0.351 e. The second kappa shape index (κ2) is 7.75. The van der Waals surface area contributed by atoms with Gasteiger partial charge in [0.15, 0.2) is 0 Å². The number of anilines is 3. The van der Waals surface area contributed by atoms with Gasteiger partial charge in [0.2, 0.25) is 5.95 Å². The molecule has 0 saturated heterocycles. The molecule has 0 spiro atoms. The summed E-state index contributed by atoms with van der Waals surface area (Å²) < 4.78 is 1.01. The highest BCUT2D eigenvalue weighted by atomic mass is 79.9. The maximum Gasteiger partial charge on any atom is 0.225 e. The van der Waals surface area contributed by atoms with Crippen LogP contribution in [0.15, 0.2) is 77.8 Å². The molecule has 0 radical (unpaired) electrons. The third-order valence-electron chi connectivity index (χ3n) is 3.30. The summed E-state index contributed by atoms with van der Waals surface area (Å²) in [4.78, 5) is 9.11. The molecule has 4 nitrogen and oxygen atoms in total. The fourth-order valence-corrected chi connectivity index (χ4v) is 2.62. The summed E-state index contributed by atoms with van der Waals surface area (Å²) in [6.07, 6.45) is 1.78. The molecule has 0 amide bonds. The van der Waals surface area contributed by atoms with Crippen LogP contribution in [-0.4, -0.2) is 16.5 Å². The summed E-state index contributed by atoms with van der Waals surface area (Å²) in [5, 5.41) is 6.48. The summed E-state index contributed by atoms with van der Waals surface area (Å²) in [5.74, 6) is 1.29. The minimum atomic E-state index is 0.564. The van der Waals surface area contributed by atoms with Crippen LogP contribution < -0.4 is 10.6 Å². The summed E-state index contributed by atoms with van der Waals surface area (Å²) >= 11 is 3.48. The zero-order valence-corrected chi connectivity index (χ0v) is 14.6. The Labute approximate surface area is 149 Å². The molecule has 24 heavy (non-hydrogen) atoms. The lowest BCUT2D eigenvalue weighted by Crippen LogP contribution is -2.06. The molecule has 0 atom stereocenters. The van der Waals surface area contributed by atoms with E-state index in [9.17, 15) is 0 Å². The maximum absolute atomic E-state index is 4.58. The van der Waals surface area contributed by atoms with Gasteiger partial charge in [-0.2, -0.15) is 4.98 Å². The summed E-state index contributed by atoms with van der Waals surface area (Å²) in [6.45, 7) is 4.32. The van der Waals surface area contributed by atoms with Crippen LogP contribution >= 0.6 is 15.9 Å². The zero-order valence-electron chi connectivity index (χ0n) is 13.0. The molecule has 0 bridgehead atoms. The van der Waals surface area contributed by atoms with Gasteiger partial charge in [-0.1, -0.05) is 58.4 Å². The van der Waals surface area contributed by atoms with Crippen molar-refractivity contribution < 1.29 is 0 Å². The highest BCUT2D eigenvalue weighted by Crippen LogP contribution is 2.24. The van der Waals surface area contributed by atoms with Crippen LogP contribution in [0.1, 0.15) is 0 Å². The second-order valence-electron chi connectivity index (χ2n) is 5.13. The van der Waals surface area contributed by atoms with Gasteiger partial charge in [0.25, 0.3) is 0 Å². The first-order chi connectivity index (χ1) is 11.7. The van der Waals surface area contributed by atoms with Crippen molar-refractivity contribution in [3.05, 3.63) is 77.8 Å². The Hall–Kier alpha value is -2.66. The molecular weight excluding hydrogens is 364 g/mol. The third kappa shape index (κ3) is 4.20. The monoisotopic (exact) mass is 380 g/mol. The predicted molar refractivity (Wildman–Crippen MR) is 104 cm³/mol. The molecule has 0 saturated carbocycles. The highest BCUT2D eigenvalue weighted by Gasteiger charge is 2.07. The van der Waals surface area contributed by atoms with Crippen molar-refractivity contribution in [1.29, 1.82) is 0 Å². The molecule has 0 aliphatic carbocycles.